The number of hydrogen-bond acceptors (Lipinski definition) is 4. The molecule has 0 amide bonds. The highest BCUT2D eigenvalue weighted by atomic mass is 35.5. The van der Waals surface area contributed by atoms with Crippen LogP contribution in [0, 0.1) is 0 Å². The molecular weight excluding hydrogens is 288 g/mol. The molecule has 0 spiro atoms. The maximum Gasteiger partial charge on any atom is 0.0817 e. The lowest BCUT2D eigenvalue weighted by molar-refractivity contribution is -0.0770. The smallest absolute Gasteiger partial charge is 0.0817 e. The molecule has 3 N–H and O–H groups in total. The highest BCUT2D eigenvalue weighted by molar-refractivity contribution is 6.31. The quantitative estimate of drug-likeness (QED) is 0.845. The van der Waals surface area contributed by atoms with Gasteiger partial charge in [0, 0.05) is 43.7 Å². The molecule has 1 heterocycles. The second-order valence-electron chi connectivity index (χ2n) is 5.99. The summed E-state index contributed by atoms with van der Waals surface area (Å²) in [5.41, 5.74) is 6.58. The predicted octanol–water partition coefficient (Wildman–Crippen LogP) is 2.20. The van der Waals surface area contributed by atoms with Crippen molar-refractivity contribution in [3.05, 3.63) is 34.9 Å². The SMILES string of the molecule is CN(CCC(N)c1ccccc1Cl)CC1(O)CCOCC1. The first-order chi connectivity index (χ1) is 10.0. The lowest BCUT2D eigenvalue weighted by atomic mass is 9.93. The Morgan fingerprint density at radius 2 is 2.05 bits per heavy atom. The fraction of sp³-hybridized carbons (Fsp3) is 0.625. The van der Waals surface area contributed by atoms with E-state index < -0.39 is 5.60 Å². The summed E-state index contributed by atoms with van der Waals surface area (Å²) in [6.45, 7) is 2.77. The molecule has 1 saturated heterocycles. The van der Waals surface area contributed by atoms with Crippen LogP contribution in [0.15, 0.2) is 24.3 Å². The third kappa shape index (κ3) is 4.94. The van der Waals surface area contributed by atoms with Crippen LogP contribution in [0.1, 0.15) is 30.9 Å². The van der Waals surface area contributed by atoms with Crippen molar-refractivity contribution in [1.82, 2.24) is 4.90 Å². The second kappa shape index (κ2) is 7.56. The number of halogens is 1. The number of hydrogen-bond donors (Lipinski definition) is 2. The molecule has 118 valence electrons. The fourth-order valence-electron chi connectivity index (χ4n) is 2.78. The second-order valence-corrected chi connectivity index (χ2v) is 6.40. The Balaban J connectivity index is 1.81. The first kappa shape index (κ1) is 16.7. The minimum absolute atomic E-state index is 0.0783. The van der Waals surface area contributed by atoms with Crippen LogP contribution in [-0.2, 0) is 4.74 Å². The van der Waals surface area contributed by atoms with Crippen LogP contribution in [0.3, 0.4) is 0 Å². The van der Waals surface area contributed by atoms with E-state index >= 15 is 0 Å². The van der Waals surface area contributed by atoms with Crippen LogP contribution in [-0.4, -0.2) is 49.0 Å². The van der Waals surface area contributed by atoms with Crippen LogP contribution in [0.2, 0.25) is 5.02 Å². The number of nitrogens with zero attached hydrogens (tertiary/aromatic N) is 1. The molecule has 0 aliphatic carbocycles. The Labute approximate surface area is 131 Å². The van der Waals surface area contributed by atoms with Gasteiger partial charge in [0.2, 0.25) is 0 Å². The molecule has 0 bridgehead atoms. The first-order valence-corrected chi connectivity index (χ1v) is 7.87. The molecule has 1 atom stereocenters. The van der Waals surface area contributed by atoms with Gasteiger partial charge in [0.1, 0.15) is 0 Å². The summed E-state index contributed by atoms with van der Waals surface area (Å²) in [5, 5.41) is 11.2. The van der Waals surface area contributed by atoms with Gasteiger partial charge in [-0.2, -0.15) is 0 Å². The van der Waals surface area contributed by atoms with Gasteiger partial charge in [-0.25, -0.2) is 0 Å². The van der Waals surface area contributed by atoms with E-state index in [0.717, 1.165) is 23.6 Å². The summed E-state index contributed by atoms with van der Waals surface area (Å²) in [6, 6.07) is 7.62. The zero-order valence-electron chi connectivity index (χ0n) is 12.6. The molecule has 1 unspecified atom stereocenters. The fourth-order valence-corrected chi connectivity index (χ4v) is 3.06. The number of benzene rings is 1. The monoisotopic (exact) mass is 312 g/mol. The molecule has 1 aliphatic heterocycles. The summed E-state index contributed by atoms with van der Waals surface area (Å²) in [6.07, 6.45) is 2.22. The standard InChI is InChI=1S/C16H25ClN2O2/c1-19(12-16(20)7-10-21-11-8-16)9-6-15(18)13-4-2-3-5-14(13)17/h2-5,15,20H,6-12,18H2,1H3. The Kier molecular flexibility index (Phi) is 6.02. The van der Waals surface area contributed by atoms with Gasteiger partial charge in [0.05, 0.1) is 5.60 Å². The minimum Gasteiger partial charge on any atom is -0.388 e. The van der Waals surface area contributed by atoms with Crippen molar-refractivity contribution in [2.45, 2.75) is 30.9 Å². The predicted molar refractivity (Wildman–Crippen MR) is 85.5 cm³/mol. The Hall–Kier alpha value is -0.650. The largest absolute Gasteiger partial charge is 0.388 e. The lowest BCUT2D eigenvalue weighted by Crippen LogP contribution is -2.46. The molecule has 1 fully saturated rings. The van der Waals surface area contributed by atoms with Crippen molar-refractivity contribution in [1.29, 1.82) is 0 Å². The van der Waals surface area contributed by atoms with E-state index in [-0.39, 0.29) is 6.04 Å². The summed E-state index contributed by atoms with van der Waals surface area (Å²) in [7, 11) is 2.02. The van der Waals surface area contributed by atoms with E-state index in [0.29, 0.717) is 32.6 Å². The molecule has 5 heteroatoms. The average molecular weight is 313 g/mol. The summed E-state index contributed by atoms with van der Waals surface area (Å²) >= 11 is 6.16. The van der Waals surface area contributed by atoms with Crippen molar-refractivity contribution in [2.75, 3.05) is 33.4 Å². The van der Waals surface area contributed by atoms with E-state index in [4.69, 9.17) is 22.1 Å². The van der Waals surface area contributed by atoms with Gasteiger partial charge in [-0.3, -0.25) is 0 Å². The van der Waals surface area contributed by atoms with Gasteiger partial charge < -0.3 is 20.5 Å². The molecule has 21 heavy (non-hydrogen) atoms. The van der Waals surface area contributed by atoms with Crippen molar-refractivity contribution in [3.8, 4) is 0 Å². The van der Waals surface area contributed by atoms with Gasteiger partial charge in [0.25, 0.3) is 0 Å². The Bertz CT molecular complexity index is 450. The van der Waals surface area contributed by atoms with Crippen LogP contribution in [0.4, 0.5) is 0 Å². The zero-order chi connectivity index (χ0) is 15.3. The molecular formula is C16H25ClN2O2. The van der Waals surface area contributed by atoms with Crippen molar-refractivity contribution >= 4 is 11.6 Å². The normalized spacial score (nSPS) is 19.7. The molecule has 1 aromatic carbocycles. The van der Waals surface area contributed by atoms with E-state index in [1.165, 1.54) is 0 Å². The Morgan fingerprint density at radius 1 is 1.38 bits per heavy atom. The molecule has 0 saturated carbocycles. The highest BCUT2D eigenvalue weighted by Gasteiger charge is 2.30. The molecule has 0 aromatic heterocycles. The number of likely N-dealkylation sites (N-methyl/N-ethyl adjacent to an activating group) is 1. The molecule has 0 radical (unpaired) electrons. The number of aliphatic hydroxyl groups is 1. The van der Waals surface area contributed by atoms with Gasteiger partial charge in [0.15, 0.2) is 0 Å². The van der Waals surface area contributed by atoms with E-state index in [1.54, 1.807) is 0 Å². The molecule has 1 aliphatic rings. The maximum absolute atomic E-state index is 10.5. The van der Waals surface area contributed by atoms with Crippen LogP contribution < -0.4 is 5.73 Å². The molecule has 4 nitrogen and oxygen atoms in total. The van der Waals surface area contributed by atoms with E-state index in [1.807, 2.05) is 31.3 Å². The molecule has 2 rings (SSSR count). The maximum atomic E-state index is 10.5. The van der Waals surface area contributed by atoms with Gasteiger partial charge in [-0.1, -0.05) is 29.8 Å². The van der Waals surface area contributed by atoms with Crippen LogP contribution in [0.5, 0.6) is 0 Å². The lowest BCUT2D eigenvalue weighted by Gasteiger charge is -2.35. The summed E-state index contributed by atoms with van der Waals surface area (Å²) < 4.78 is 5.30. The average Bonchev–Trinajstić information content (AvgIpc) is 2.45. The van der Waals surface area contributed by atoms with E-state index in [9.17, 15) is 5.11 Å². The van der Waals surface area contributed by atoms with Crippen molar-refractivity contribution in [2.24, 2.45) is 5.73 Å². The topological polar surface area (TPSA) is 58.7 Å². The van der Waals surface area contributed by atoms with Crippen molar-refractivity contribution in [3.63, 3.8) is 0 Å². The number of rotatable bonds is 6. The van der Waals surface area contributed by atoms with Crippen LogP contribution >= 0.6 is 11.6 Å². The van der Waals surface area contributed by atoms with Crippen molar-refractivity contribution < 1.29 is 9.84 Å². The minimum atomic E-state index is -0.624. The molecule has 1 aromatic rings. The first-order valence-electron chi connectivity index (χ1n) is 7.49. The highest BCUT2D eigenvalue weighted by Crippen LogP contribution is 2.24. The number of ether oxygens (including phenoxy) is 1. The van der Waals surface area contributed by atoms with Gasteiger partial charge >= 0.3 is 0 Å². The van der Waals surface area contributed by atoms with Crippen LogP contribution in [0.25, 0.3) is 0 Å². The number of nitrogens with two attached hydrogens (primary N) is 1. The summed E-state index contributed by atoms with van der Waals surface area (Å²) in [5.74, 6) is 0. The Morgan fingerprint density at radius 3 is 2.71 bits per heavy atom. The third-order valence-electron chi connectivity index (χ3n) is 4.11. The summed E-state index contributed by atoms with van der Waals surface area (Å²) in [4.78, 5) is 2.14. The zero-order valence-corrected chi connectivity index (χ0v) is 13.4. The van der Waals surface area contributed by atoms with Gasteiger partial charge in [-0.05, 0) is 31.6 Å². The van der Waals surface area contributed by atoms with E-state index in [2.05, 4.69) is 4.90 Å². The third-order valence-corrected chi connectivity index (χ3v) is 4.46. The van der Waals surface area contributed by atoms with Gasteiger partial charge in [-0.15, -0.1) is 0 Å².